The molecule has 0 aliphatic rings. The number of ether oxygens (including phenoxy) is 2. The molecule has 0 radical (unpaired) electrons. The van der Waals surface area contributed by atoms with Gasteiger partial charge in [0.1, 0.15) is 5.82 Å². The molecule has 0 aliphatic carbocycles. The number of methoxy groups -OCH3 is 2. The molecule has 0 atom stereocenters. The number of benzene rings is 2. The Kier molecular flexibility index (Phi) is 3.24. The van der Waals surface area contributed by atoms with Gasteiger partial charge in [0.25, 0.3) is 0 Å². The highest BCUT2D eigenvalue weighted by atomic mass is 35.5. The highest BCUT2D eigenvalue weighted by molar-refractivity contribution is 6.32. The molecule has 0 unspecified atom stereocenters. The third-order valence-corrected chi connectivity index (χ3v) is 3.38. The van der Waals surface area contributed by atoms with Crippen LogP contribution in [0.25, 0.3) is 22.4 Å². The molecule has 0 bridgehead atoms. The normalized spacial score (nSPS) is 10.8. The Morgan fingerprint density at radius 3 is 2.60 bits per heavy atom. The van der Waals surface area contributed by atoms with Gasteiger partial charge < -0.3 is 14.5 Å². The Morgan fingerprint density at radius 2 is 1.90 bits per heavy atom. The first-order valence-corrected chi connectivity index (χ1v) is 6.47. The topological polar surface area (TPSA) is 47.1 Å². The van der Waals surface area contributed by atoms with Crippen LogP contribution in [0, 0.1) is 0 Å². The monoisotopic (exact) mass is 288 g/mol. The number of imidazole rings is 1. The number of nitrogens with one attached hydrogen (secondary N) is 1. The lowest BCUT2D eigenvalue weighted by Gasteiger charge is -2.10. The van der Waals surface area contributed by atoms with Crippen molar-refractivity contribution >= 4 is 22.6 Å². The van der Waals surface area contributed by atoms with E-state index in [1.165, 1.54) is 0 Å². The second kappa shape index (κ2) is 5.06. The van der Waals surface area contributed by atoms with E-state index in [1.54, 1.807) is 20.3 Å². The molecule has 4 nitrogen and oxygen atoms in total. The van der Waals surface area contributed by atoms with Crippen molar-refractivity contribution in [2.45, 2.75) is 0 Å². The van der Waals surface area contributed by atoms with Crippen molar-refractivity contribution in [1.82, 2.24) is 9.97 Å². The Balaban J connectivity index is 2.16. The SMILES string of the molecule is COc1cc(-c2nc3ccccc3[nH]2)cc(Cl)c1OC. The maximum atomic E-state index is 6.22. The van der Waals surface area contributed by atoms with Crippen LogP contribution in [0.4, 0.5) is 0 Å². The maximum absolute atomic E-state index is 6.22. The van der Waals surface area contributed by atoms with Crippen molar-refractivity contribution in [1.29, 1.82) is 0 Å². The Hall–Kier alpha value is -2.20. The second-order valence-electron chi connectivity index (χ2n) is 4.30. The summed E-state index contributed by atoms with van der Waals surface area (Å²) in [6, 6.07) is 11.5. The van der Waals surface area contributed by atoms with Gasteiger partial charge in [0.2, 0.25) is 0 Å². The van der Waals surface area contributed by atoms with Crippen LogP contribution >= 0.6 is 11.6 Å². The minimum Gasteiger partial charge on any atom is -0.493 e. The zero-order valence-corrected chi connectivity index (χ0v) is 11.9. The van der Waals surface area contributed by atoms with E-state index in [-0.39, 0.29) is 0 Å². The number of nitrogens with zero attached hydrogens (tertiary/aromatic N) is 1. The summed E-state index contributed by atoms with van der Waals surface area (Å²) in [6.45, 7) is 0. The van der Waals surface area contributed by atoms with E-state index in [2.05, 4.69) is 9.97 Å². The maximum Gasteiger partial charge on any atom is 0.179 e. The lowest BCUT2D eigenvalue weighted by Crippen LogP contribution is -1.92. The van der Waals surface area contributed by atoms with E-state index < -0.39 is 0 Å². The van der Waals surface area contributed by atoms with Crippen LogP contribution in [0.3, 0.4) is 0 Å². The molecule has 1 aromatic heterocycles. The predicted molar refractivity (Wildman–Crippen MR) is 79.6 cm³/mol. The third kappa shape index (κ3) is 2.08. The van der Waals surface area contributed by atoms with Gasteiger partial charge in [0, 0.05) is 5.56 Å². The largest absolute Gasteiger partial charge is 0.493 e. The van der Waals surface area contributed by atoms with Gasteiger partial charge in [0.05, 0.1) is 30.3 Å². The van der Waals surface area contributed by atoms with Gasteiger partial charge in [-0.15, -0.1) is 0 Å². The molecule has 0 spiro atoms. The first kappa shape index (κ1) is 12.8. The summed E-state index contributed by atoms with van der Waals surface area (Å²) in [7, 11) is 3.14. The zero-order valence-electron chi connectivity index (χ0n) is 11.1. The molecule has 0 saturated carbocycles. The van der Waals surface area contributed by atoms with E-state index in [1.807, 2.05) is 30.3 Å². The zero-order chi connectivity index (χ0) is 14.1. The number of rotatable bonds is 3. The van der Waals surface area contributed by atoms with Gasteiger partial charge in [0.15, 0.2) is 11.5 Å². The van der Waals surface area contributed by atoms with Crippen LogP contribution in [0.5, 0.6) is 11.5 Å². The number of hydrogen-bond acceptors (Lipinski definition) is 3. The first-order chi connectivity index (χ1) is 9.72. The number of hydrogen-bond donors (Lipinski definition) is 1. The molecule has 20 heavy (non-hydrogen) atoms. The summed E-state index contributed by atoms with van der Waals surface area (Å²) < 4.78 is 10.5. The van der Waals surface area contributed by atoms with Gasteiger partial charge in [-0.25, -0.2) is 4.98 Å². The molecule has 3 aromatic rings. The lowest BCUT2D eigenvalue weighted by molar-refractivity contribution is 0.355. The average Bonchev–Trinajstić information content (AvgIpc) is 2.90. The van der Waals surface area contributed by atoms with Crippen LogP contribution in [0.2, 0.25) is 5.02 Å². The number of H-pyrrole nitrogens is 1. The molecule has 1 heterocycles. The Labute approximate surface area is 121 Å². The van der Waals surface area contributed by atoms with Gasteiger partial charge >= 0.3 is 0 Å². The fourth-order valence-electron chi connectivity index (χ4n) is 2.14. The molecule has 1 N–H and O–H groups in total. The standard InChI is InChI=1S/C15H13ClN2O2/c1-19-13-8-9(7-10(16)14(13)20-2)15-17-11-5-3-4-6-12(11)18-15/h3-8H,1-2H3,(H,17,18). The minimum absolute atomic E-state index is 0.488. The van der Waals surface area contributed by atoms with Gasteiger partial charge in [-0.1, -0.05) is 23.7 Å². The van der Waals surface area contributed by atoms with E-state index >= 15 is 0 Å². The fraction of sp³-hybridized carbons (Fsp3) is 0.133. The molecular formula is C15H13ClN2O2. The molecule has 0 amide bonds. The summed E-state index contributed by atoms with van der Waals surface area (Å²) in [6.07, 6.45) is 0. The molecule has 0 fully saturated rings. The van der Waals surface area contributed by atoms with Crippen LogP contribution in [-0.2, 0) is 0 Å². The highest BCUT2D eigenvalue weighted by Crippen LogP contribution is 2.38. The minimum atomic E-state index is 0.488. The molecular weight excluding hydrogens is 276 g/mol. The molecule has 0 saturated heterocycles. The van der Waals surface area contributed by atoms with E-state index in [0.29, 0.717) is 16.5 Å². The van der Waals surface area contributed by atoms with E-state index in [0.717, 1.165) is 22.4 Å². The quantitative estimate of drug-likeness (QED) is 0.795. The number of fused-ring (bicyclic) bond motifs is 1. The van der Waals surface area contributed by atoms with Crippen molar-refractivity contribution in [2.75, 3.05) is 14.2 Å². The Bertz CT molecular complexity index is 735. The van der Waals surface area contributed by atoms with Crippen molar-refractivity contribution in [2.24, 2.45) is 0 Å². The molecule has 3 rings (SSSR count). The van der Waals surface area contributed by atoms with Crippen LogP contribution in [0.1, 0.15) is 0 Å². The summed E-state index contributed by atoms with van der Waals surface area (Å²) in [5, 5.41) is 0.488. The van der Waals surface area contributed by atoms with Crippen LogP contribution < -0.4 is 9.47 Å². The number of halogens is 1. The molecule has 102 valence electrons. The third-order valence-electron chi connectivity index (χ3n) is 3.10. The first-order valence-electron chi connectivity index (χ1n) is 6.09. The van der Waals surface area contributed by atoms with Crippen molar-refractivity contribution < 1.29 is 9.47 Å². The average molecular weight is 289 g/mol. The predicted octanol–water partition coefficient (Wildman–Crippen LogP) is 3.90. The fourth-order valence-corrected chi connectivity index (χ4v) is 2.43. The van der Waals surface area contributed by atoms with Crippen molar-refractivity contribution in [3.8, 4) is 22.9 Å². The second-order valence-corrected chi connectivity index (χ2v) is 4.70. The lowest BCUT2D eigenvalue weighted by atomic mass is 10.2. The highest BCUT2D eigenvalue weighted by Gasteiger charge is 2.14. The number of aromatic nitrogens is 2. The van der Waals surface area contributed by atoms with Crippen molar-refractivity contribution in [3.63, 3.8) is 0 Å². The van der Waals surface area contributed by atoms with Gasteiger partial charge in [-0.3, -0.25) is 0 Å². The Morgan fingerprint density at radius 1 is 1.10 bits per heavy atom. The number of aromatic amines is 1. The van der Waals surface area contributed by atoms with Crippen LogP contribution in [0.15, 0.2) is 36.4 Å². The smallest absolute Gasteiger partial charge is 0.179 e. The van der Waals surface area contributed by atoms with Crippen LogP contribution in [-0.4, -0.2) is 24.2 Å². The van der Waals surface area contributed by atoms with E-state index in [4.69, 9.17) is 21.1 Å². The summed E-state index contributed by atoms with van der Waals surface area (Å²) >= 11 is 6.22. The molecule has 0 aliphatic heterocycles. The summed E-state index contributed by atoms with van der Waals surface area (Å²) in [5.74, 6) is 1.85. The molecule has 5 heteroatoms. The summed E-state index contributed by atoms with van der Waals surface area (Å²) in [5.41, 5.74) is 2.74. The van der Waals surface area contributed by atoms with E-state index in [9.17, 15) is 0 Å². The van der Waals surface area contributed by atoms with Gasteiger partial charge in [-0.2, -0.15) is 0 Å². The van der Waals surface area contributed by atoms with Crippen molar-refractivity contribution in [3.05, 3.63) is 41.4 Å². The number of para-hydroxylation sites is 2. The summed E-state index contributed by atoms with van der Waals surface area (Å²) in [4.78, 5) is 7.81. The van der Waals surface area contributed by atoms with Gasteiger partial charge in [-0.05, 0) is 24.3 Å². The molecule has 2 aromatic carbocycles.